The predicted octanol–water partition coefficient (Wildman–Crippen LogP) is 6.80. The van der Waals surface area contributed by atoms with Crippen molar-refractivity contribution in [3.05, 3.63) is 59.8 Å². The summed E-state index contributed by atoms with van der Waals surface area (Å²) in [6.45, 7) is 4.51. The largest absolute Gasteiger partial charge is 0.361 e. The number of hydrogen-bond acceptors (Lipinski definition) is 1. The molecule has 5 aromatic rings. The van der Waals surface area contributed by atoms with Gasteiger partial charge in [0.05, 0.1) is 0 Å². The second-order valence-electron chi connectivity index (χ2n) is 6.78. The van der Waals surface area contributed by atoms with Crippen molar-refractivity contribution in [3.8, 4) is 22.3 Å². The standard InChI is InChI=1S/C22H15NS/c1-11-5-3-6-13-16-9-15-17-10-23-18-8-4-7-14(20(17)18)19(15)12(2)22(16)24-21(11)13/h3-10,23H,1-2H3. The van der Waals surface area contributed by atoms with Crippen LogP contribution in [0, 0.1) is 13.8 Å². The summed E-state index contributed by atoms with van der Waals surface area (Å²) in [6.07, 6.45) is 2.17. The number of aromatic amines is 1. The lowest BCUT2D eigenvalue weighted by Crippen LogP contribution is -1.84. The minimum absolute atomic E-state index is 1.24. The molecule has 0 unspecified atom stereocenters. The molecule has 0 atom stereocenters. The number of hydrogen-bond donors (Lipinski definition) is 1. The van der Waals surface area contributed by atoms with Gasteiger partial charge < -0.3 is 4.98 Å². The van der Waals surface area contributed by atoms with Gasteiger partial charge in [-0.1, -0.05) is 30.3 Å². The van der Waals surface area contributed by atoms with Crippen LogP contribution in [0.1, 0.15) is 11.1 Å². The number of aryl methyl sites for hydroxylation is 2. The second-order valence-corrected chi connectivity index (χ2v) is 7.81. The van der Waals surface area contributed by atoms with E-state index in [1.54, 1.807) is 0 Å². The van der Waals surface area contributed by atoms with Crippen LogP contribution in [0.15, 0.2) is 48.7 Å². The first-order valence-corrected chi connectivity index (χ1v) is 9.12. The van der Waals surface area contributed by atoms with Crippen molar-refractivity contribution < 1.29 is 0 Å². The third kappa shape index (κ3) is 1.33. The summed E-state index contributed by atoms with van der Waals surface area (Å²) >= 11 is 1.94. The van der Waals surface area contributed by atoms with E-state index in [1.807, 2.05) is 11.3 Å². The number of H-pyrrole nitrogens is 1. The summed E-state index contributed by atoms with van der Waals surface area (Å²) in [6, 6.07) is 15.7. The Hall–Kier alpha value is -2.58. The molecule has 0 radical (unpaired) electrons. The SMILES string of the molecule is Cc1cccc2c1sc1c(C)c3c(cc12)-c1c[nH]c2cccc-3c12. The molecule has 1 aliphatic rings. The van der Waals surface area contributed by atoms with E-state index in [-0.39, 0.29) is 0 Å². The molecule has 1 N–H and O–H groups in total. The van der Waals surface area contributed by atoms with Crippen molar-refractivity contribution in [1.29, 1.82) is 0 Å². The maximum Gasteiger partial charge on any atom is 0.0466 e. The van der Waals surface area contributed by atoms with Gasteiger partial charge in [0.15, 0.2) is 0 Å². The smallest absolute Gasteiger partial charge is 0.0466 e. The van der Waals surface area contributed by atoms with Crippen LogP contribution in [0.4, 0.5) is 0 Å². The molecule has 114 valence electrons. The lowest BCUT2D eigenvalue weighted by atomic mass is 9.96. The molecule has 1 aliphatic carbocycles. The van der Waals surface area contributed by atoms with Crippen LogP contribution in [-0.4, -0.2) is 4.98 Å². The Morgan fingerprint density at radius 3 is 2.62 bits per heavy atom. The molecule has 2 aromatic heterocycles. The fraction of sp³-hybridized carbons (Fsp3) is 0.0909. The van der Waals surface area contributed by atoms with E-state index >= 15 is 0 Å². The summed E-state index contributed by atoms with van der Waals surface area (Å²) in [4.78, 5) is 3.43. The quantitative estimate of drug-likeness (QED) is 0.316. The topological polar surface area (TPSA) is 15.8 Å². The van der Waals surface area contributed by atoms with Crippen molar-refractivity contribution in [2.24, 2.45) is 0 Å². The Balaban J connectivity index is 1.86. The summed E-state index contributed by atoms with van der Waals surface area (Å²) in [5, 5.41) is 4.18. The Morgan fingerprint density at radius 2 is 1.71 bits per heavy atom. The van der Waals surface area contributed by atoms with Gasteiger partial charge in [-0.2, -0.15) is 0 Å². The van der Waals surface area contributed by atoms with E-state index in [1.165, 1.54) is 64.5 Å². The molecule has 0 spiro atoms. The molecule has 2 heteroatoms. The number of nitrogens with one attached hydrogen (secondary N) is 1. The number of fused-ring (bicyclic) bond motifs is 6. The van der Waals surface area contributed by atoms with Gasteiger partial charge in [0.1, 0.15) is 0 Å². The second kappa shape index (κ2) is 4.08. The summed E-state index contributed by atoms with van der Waals surface area (Å²) in [7, 11) is 0. The molecule has 0 aliphatic heterocycles. The zero-order valence-electron chi connectivity index (χ0n) is 13.5. The van der Waals surface area contributed by atoms with Crippen LogP contribution in [0.2, 0.25) is 0 Å². The third-order valence-corrected chi connectivity index (χ3v) is 6.97. The van der Waals surface area contributed by atoms with Crippen LogP contribution in [0.5, 0.6) is 0 Å². The minimum atomic E-state index is 1.24. The molecule has 2 heterocycles. The van der Waals surface area contributed by atoms with Gasteiger partial charge in [0.2, 0.25) is 0 Å². The van der Waals surface area contributed by atoms with Crippen LogP contribution < -0.4 is 0 Å². The van der Waals surface area contributed by atoms with Gasteiger partial charge in [-0.25, -0.2) is 0 Å². The summed E-state index contributed by atoms with van der Waals surface area (Å²) in [5.41, 5.74) is 9.58. The van der Waals surface area contributed by atoms with E-state index in [0.717, 1.165) is 0 Å². The fourth-order valence-electron chi connectivity index (χ4n) is 4.40. The first kappa shape index (κ1) is 12.8. The van der Waals surface area contributed by atoms with Gasteiger partial charge in [-0.3, -0.25) is 0 Å². The van der Waals surface area contributed by atoms with Gasteiger partial charge in [0.25, 0.3) is 0 Å². The molecular weight excluding hydrogens is 310 g/mol. The average Bonchev–Trinajstić information content (AvgIpc) is 3.25. The van der Waals surface area contributed by atoms with Crippen molar-refractivity contribution in [3.63, 3.8) is 0 Å². The Bertz CT molecular complexity index is 1320. The van der Waals surface area contributed by atoms with Gasteiger partial charge in [-0.15, -0.1) is 11.3 Å². The Kier molecular flexibility index (Phi) is 2.18. The minimum Gasteiger partial charge on any atom is -0.361 e. The van der Waals surface area contributed by atoms with Gasteiger partial charge in [0, 0.05) is 42.8 Å². The molecule has 0 bridgehead atoms. The molecule has 0 saturated heterocycles. The lowest BCUT2D eigenvalue weighted by Gasteiger charge is -2.08. The maximum absolute atomic E-state index is 3.43. The number of rotatable bonds is 0. The first-order valence-electron chi connectivity index (χ1n) is 8.30. The van der Waals surface area contributed by atoms with Crippen molar-refractivity contribution >= 4 is 42.4 Å². The molecule has 1 nitrogen and oxygen atoms in total. The highest BCUT2D eigenvalue weighted by atomic mass is 32.1. The number of thiophene rings is 1. The molecular formula is C22H15NS. The molecule has 0 saturated carbocycles. The maximum atomic E-state index is 3.43. The third-order valence-electron chi connectivity index (χ3n) is 5.49. The summed E-state index contributed by atoms with van der Waals surface area (Å²) < 4.78 is 2.86. The van der Waals surface area contributed by atoms with E-state index in [2.05, 4.69) is 67.5 Å². The summed E-state index contributed by atoms with van der Waals surface area (Å²) in [5.74, 6) is 0. The Labute approximate surface area is 143 Å². The lowest BCUT2D eigenvalue weighted by molar-refractivity contribution is 1.46. The van der Waals surface area contributed by atoms with E-state index in [0.29, 0.717) is 0 Å². The molecule has 0 fully saturated rings. The number of benzene rings is 3. The highest BCUT2D eigenvalue weighted by Crippen LogP contribution is 2.52. The molecule has 24 heavy (non-hydrogen) atoms. The average molecular weight is 325 g/mol. The molecule has 6 rings (SSSR count). The van der Waals surface area contributed by atoms with Crippen LogP contribution in [0.3, 0.4) is 0 Å². The Morgan fingerprint density at radius 1 is 0.833 bits per heavy atom. The highest BCUT2D eigenvalue weighted by Gasteiger charge is 2.26. The monoisotopic (exact) mass is 325 g/mol. The van der Waals surface area contributed by atoms with Gasteiger partial charge >= 0.3 is 0 Å². The van der Waals surface area contributed by atoms with Gasteiger partial charge in [-0.05, 0) is 53.8 Å². The molecule has 0 amide bonds. The van der Waals surface area contributed by atoms with Crippen molar-refractivity contribution in [1.82, 2.24) is 4.98 Å². The highest BCUT2D eigenvalue weighted by molar-refractivity contribution is 7.26. The zero-order chi connectivity index (χ0) is 16.0. The van der Waals surface area contributed by atoms with E-state index < -0.39 is 0 Å². The number of aromatic nitrogens is 1. The van der Waals surface area contributed by atoms with E-state index in [9.17, 15) is 0 Å². The predicted molar refractivity (Wildman–Crippen MR) is 105 cm³/mol. The first-order chi connectivity index (χ1) is 11.7. The van der Waals surface area contributed by atoms with Crippen LogP contribution >= 0.6 is 11.3 Å². The van der Waals surface area contributed by atoms with Crippen LogP contribution in [-0.2, 0) is 0 Å². The van der Waals surface area contributed by atoms with Crippen LogP contribution in [0.25, 0.3) is 53.3 Å². The normalized spacial score (nSPS) is 12.6. The van der Waals surface area contributed by atoms with E-state index in [4.69, 9.17) is 0 Å². The van der Waals surface area contributed by atoms with Crippen molar-refractivity contribution in [2.75, 3.05) is 0 Å². The molecule has 3 aromatic carbocycles. The zero-order valence-corrected chi connectivity index (χ0v) is 14.3. The fourth-order valence-corrected chi connectivity index (χ4v) is 5.65. The van der Waals surface area contributed by atoms with Crippen molar-refractivity contribution in [2.45, 2.75) is 13.8 Å².